The van der Waals surface area contributed by atoms with E-state index in [0.29, 0.717) is 10.8 Å². The van der Waals surface area contributed by atoms with Crippen LogP contribution in [0.2, 0.25) is 0 Å². The predicted molar refractivity (Wildman–Crippen MR) is 52.2 cm³/mol. The first-order chi connectivity index (χ1) is 5.41. The van der Waals surface area contributed by atoms with Crippen molar-refractivity contribution in [1.29, 1.82) is 0 Å². The smallest absolute Gasteiger partial charge is 0.0517 e. The molecule has 1 aliphatic heterocycles. The molecule has 0 aromatic heterocycles. The topological polar surface area (TPSA) is 9.23 Å². The van der Waals surface area contributed by atoms with Crippen molar-refractivity contribution in [2.75, 3.05) is 13.2 Å². The minimum atomic E-state index is 0.399. The maximum atomic E-state index is 5.70. The third kappa shape index (κ3) is 3.14. The molecule has 0 spiro atoms. The zero-order chi connectivity index (χ0) is 9.24. The Hall–Kier alpha value is -0.0400. The van der Waals surface area contributed by atoms with E-state index in [4.69, 9.17) is 4.74 Å². The maximum Gasteiger partial charge on any atom is 0.0517 e. The molecule has 0 aromatic rings. The van der Waals surface area contributed by atoms with Crippen molar-refractivity contribution in [3.05, 3.63) is 0 Å². The fourth-order valence-electron chi connectivity index (χ4n) is 1.79. The van der Waals surface area contributed by atoms with Gasteiger partial charge in [0.2, 0.25) is 0 Å². The van der Waals surface area contributed by atoms with Gasteiger partial charge in [0.05, 0.1) is 13.2 Å². The Labute approximate surface area is 76.5 Å². The average molecular weight is 170 g/mol. The predicted octanol–water partition coefficient (Wildman–Crippen LogP) is 3.24. The van der Waals surface area contributed by atoms with Gasteiger partial charge in [-0.15, -0.1) is 0 Å². The number of hydrogen-bond acceptors (Lipinski definition) is 1. The quantitative estimate of drug-likeness (QED) is 0.542. The van der Waals surface area contributed by atoms with Gasteiger partial charge in [-0.25, -0.2) is 0 Å². The number of rotatable bonds is 0. The molecule has 1 nitrogen and oxygen atoms in total. The second kappa shape index (κ2) is 3.37. The molecule has 0 atom stereocenters. The van der Waals surface area contributed by atoms with Crippen LogP contribution in [0.5, 0.6) is 0 Å². The van der Waals surface area contributed by atoms with E-state index in [9.17, 15) is 0 Å². The van der Waals surface area contributed by atoms with Crippen molar-refractivity contribution in [1.82, 2.24) is 0 Å². The number of ether oxygens (including phenoxy) is 1. The van der Waals surface area contributed by atoms with Crippen molar-refractivity contribution < 1.29 is 4.74 Å². The Morgan fingerprint density at radius 3 is 1.67 bits per heavy atom. The van der Waals surface area contributed by atoms with Gasteiger partial charge in [0.15, 0.2) is 0 Å². The van der Waals surface area contributed by atoms with Gasteiger partial charge in [0.25, 0.3) is 0 Å². The second-order valence-electron chi connectivity index (χ2n) is 5.67. The van der Waals surface area contributed by atoms with Crippen LogP contribution in [0.1, 0.15) is 47.0 Å². The molecule has 0 aromatic carbocycles. The molecule has 0 N–H and O–H groups in total. The zero-order valence-corrected chi connectivity index (χ0v) is 8.94. The second-order valence-corrected chi connectivity index (χ2v) is 5.67. The van der Waals surface area contributed by atoms with E-state index in [-0.39, 0.29) is 0 Å². The van der Waals surface area contributed by atoms with Gasteiger partial charge in [-0.3, -0.25) is 0 Å². The summed E-state index contributed by atoms with van der Waals surface area (Å²) >= 11 is 0. The van der Waals surface area contributed by atoms with E-state index in [2.05, 4.69) is 27.7 Å². The van der Waals surface area contributed by atoms with Gasteiger partial charge in [0, 0.05) is 0 Å². The van der Waals surface area contributed by atoms with E-state index in [1.165, 1.54) is 19.3 Å². The Balaban J connectivity index is 2.45. The zero-order valence-electron chi connectivity index (χ0n) is 8.94. The van der Waals surface area contributed by atoms with Gasteiger partial charge < -0.3 is 4.74 Å². The third-order valence-electron chi connectivity index (χ3n) is 2.69. The summed E-state index contributed by atoms with van der Waals surface area (Å²) in [7, 11) is 0. The average Bonchev–Trinajstić information content (AvgIpc) is 1.82. The van der Waals surface area contributed by atoms with Crippen LogP contribution in [-0.2, 0) is 4.74 Å². The lowest BCUT2D eigenvalue weighted by atomic mass is 9.81. The van der Waals surface area contributed by atoms with Crippen LogP contribution in [-0.4, -0.2) is 13.2 Å². The highest BCUT2D eigenvalue weighted by atomic mass is 16.5. The maximum absolute atomic E-state index is 5.70. The van der Waals surface area contributed by atoms with E-state index in [1.807, 2.05) is 0 Å². The van der Waals surface area contributed by atoms with E-state index >= 15 is 0 Å². The summed E-state index contributed by atoms with van der Waals surface area (Å²) in [6, 6.07) is 0. The molecule has 72 valence electrons. The summed E-state index contributed by atoms with van der Waals surface area (Å²) in [6.45, 7) is 11.0. The SMILES string of the molecule is CC1(C)CCCC(C)(C)COC1. The molecule has 0 radical (unpaired) electrons. The van der Waals surface area contributed by atoms with E-state index in [0.717, 1.165) is 13.2 Å². The minimum absolute atomic E-state index is 0.399. The first kappa shape index (κ1) is 10.0. The molecular weight excluding hydrogens is 148 g/mol. The van der Waals surface area contributed by atoms with Gasteiger partial charge in [-0.2, -0.15) is 0 Å². The standard InChI is InChI=1S/C11H22O/c1-10(2)6-5-7-11(3,4)9-12-8-10/h5-9H2,1-4H3. The van der Waals surface area contributed by atoms with Crippen molar-refractivity contribution in [3.63, 3.8) is 0 Å². The van der Waals surface area contributed by atoms with Crippen molar-refractivity contribution in [3.8, 4) is 0 Å². The van der Waals surface area contributed by atoms with Crippen LogP contribution in [0, 0.1) is 10.8 Å². The molecule has 1 saturated heterocycles. The highest BCUT2D eigenvalue weighted by molar-refractivity contribution is 4.76. The highest BCUT2D eigenvalue weighted by Gasteiger charge is 2.26. The molecule has 1 rings (SSSR count). The van der Waals surface area contributed by atoms with Crippen LogP contribution < -0.4 is 0 Å². The third-order valence-corrected chi connectivity index (χ3v) is 2.69. The molecule has 12 heavy (non-hydrogen) atoms. The number of hydrogen-bond donors (Lipinski definition) is 0. The van der Waals surface area contributed by atoms with Crippen LogP contribution in [0.25, 0.3) is 0 Å². The lowest BCUT2D eigenvalue weighted by Gasteiger charge is -2.33. The summed E-state index contributed by atoms with van der Waals surface area (Å²) in [5, 5.41) is 0. The van der Waals surface area contributed by atoms with Crippen LogP contribution in [0.15, 0.2) is 0 Å². The molecule has 0 saturated carbocycles. The normalized spacial score (nSPS) is 29.0. The highest BCUT2D eigenvalue weighted by Crippen LogP contribution is 2.32. The van der Waals surface area contributed by atoms with E-state index < -0.39 is 0 Å². The summed E-state index contributed by atoms with van der Waals surface area (Å²) in [5.41, 5.74) is 0.799. The van der Waals surface area contributed by atoms with Gasteiger partial charge in [0.1, 0.15) is 0 Å². The lowest BCUT2D eigenvalue weighted by molar-refractivity contribution is -0.00961. The summed E-state index contributed by atoms with van der Waals surface area (Å²) in [5.74, 6) is 0. The Morgan fingerprint density at radius 1 is 0.833 bits per heavy atom. The van der Waals surface area contributed by atoms with E-state index in [1.54, 1.807) is 0 Å². The van der Waals surface area contributed by atoms with Crippen molar-refractivity contribution in [2.45, 2.75) is 47.0 Å². The van der Waals surface area contributed by atoms with Gasteiger partial charge >= 0.3 is 0 Å². The van der Waals surface area contributed by atoms with Crippen LogP contribution in [0.4, 0.5) is 0 Å². The minimum Gasteiger partial charge on any atom is -0.380 e. The van der Waals surface area contributed by atoms with Crippen molar-refractivity contribution >= 4 is 0 Å². The first-order valence-electron chi connectivity index (χ1n) is 4.99. The monoisotopic (exact) mass is 170 g/mol. The Bertz CT molecular complexity index is 117. The molecule has 0 unspecified atom stereocenters. The molecule has 1 heterocycles. The molecule has 1 aliphatic rings. The molecule has 0 amide bonds. The molecule has 0 bridgehead atoms. The van der Waals surface area contributed by atoms with Crippen LogP contribution in [0.3, 0.4) is 0 Å². The Kier molecular flexibility index (Phi) is 2.82. The van der Waals surface area contributed by atoms with Gasteiger partial charge in [-0.05, 0) is 23.7 Å². The molecular formula is C11H22O. The van der Waals surface area contributed by atoms with Crippen molar-refractivity contribution in [2.24, 2.45) is 10.8 Å². The fourth-order valence-corrected chi connectivity index (χ4v) is 1.79. The summed E-state index contributed by atoms with van der Waals surface area (Å²) in [6.07, 6.45) is 3.95. The fraction of sp³-hybridized carbons (Fsp3) is 1.00. The molecule has 0 aliphatic carbocycles. The lowest BCUT2D eigenvalue weighted by Crippen LogP contribution is -2.29. The first-order valence-corrected chi connectivity index (χ1v) is 4.99. The molecule has 1 fully saturated rings. The largest absolute Gasteiger partial charge is 0.380 e. The summed E-state index contributed by atoms with van der Waals surface area (Å²) in [4.78, 5) is 0. The van der Waals surface area contributed by atoms with Gasteiger partial charge in [-0.1, -0.05) is 34.1 Å². The molecule has 1 heteroatoms. The Morgan fingerprint density at radius 2 is 1.25 bits per heavy atom. The summed E-state index contributed by atoms with van der Waals surface area (Å²) < 4.78 is 5.70. The van der Waals surface area contributed by atoms with Crippen LogP contribution >= 0.6 is 0 Å².